The fourth-order valence-electron chi connectivity index (χ4n) is 0.176. The van der Waals surface area contributed by atoms with Crippen LogP contribution in [0.3, 0.4) is 0 Å². The summed E-state index contributed by atoms with van der Waals surface area (Å²) >= 11 is 0. The molecule has 0 aliphatic heterocycles. The van der Waals surface area contributed by atoms with Gasteiger partial charge in [-0.1, -0.05) is 26.7 Å². The zero-order chi connectivity index (χ0) is 10.2. The lowest BCUT2D eigenvalue weighted by molar-refractivity contribution is -0.134. The van der Waals surface area contributed by atoms with E-state index >= 15 is 0 Å². The standard InChI is InChI=1S/C4H10.C2H5O5P/c1-3-4-2;3-2(4)1-8(5,6)7/h3-4H2,1-2H3;1H2,(H,3,4)(H2,5,6,7). The number of carbonyl (C=O) groups is 1. The maximum absolute atomic E-state index is 9.76. The quantitative estimate of drug-likeness (QED) is 0.589. The third kappa shape index (κ3) is 22.6. The van der Waals surface area contributed by atoms with Gasteiger partial charge in [0.2, 0.25) is 0 Å². The van der Waals surface area contributed by atoms with Crippen LogP contribution in [-0.2, 0) is 9.36 Å². The molecule has 0 aromatic rings. The van der Waals surface area contributed by atoms with Gasteiger partial charge in [0.25, 0.3) is 0 Å². The second-order valence-electron chi connectivity index (χ2n) is 2.22. The van der Waals surface area contributed by atoms with Crippen LogP contribution in [0.5, 0.6) is 0 Å². The van der Waals surface area contributed by atoms with Crippen molar-refractivity contribution in [3.63, 3.8) is 0 Å². The van der Waals surface area contributed by atoms with Crippen molar-refractivity contribution in [2.75, 3.05) is 6.16 Å². The van der Waals surface area contributed by atoms with E-state index in [0.29, 0.717) is 0 Å². The number of carboxylic acid groups (broad SMARTS) is 1. The van der Waals surface area contributed by atoms with Crippen LogP contribution in [0.25, 0.3) is 0 Å². The minimum Gasteiger partial charge on any atom is -0.481 e. The number of hydrogen-bond donors (Lipinski definition) is 3. The van der Waals surface area contributed by atoms with E-state index in [9.17, 15) is 9.36 Å². The Morgan fingerprint density at radius 3 is 1.58 bits per heavy atom. The monoisotopic (exact) mass is 198 g/mol. The molecule has 0 aliphatic carbocycles. The van der Waals surface area contributed by atoms with Gasteiger partial charge in [-0.15, -0.1) is 0 Å². The highest BCUT2D eigenvalue weighted by Gasteiger charge is 2.17. The van der Waals surface area contributed by atoms with Crippen LogP contribution in [-0.4, -0.2) is 27.0 Å². The van der Waals surface area contributed by atoms with Crippen molar-refractivity contribution in [2.45, 2.75) is 26.7 Å². The second-order valence-corrected chi connectivity index (χ2v) is 3.86. The van der Waals surface area contributed by atoms with Gasteiger partial charge in [0.05, 0.1) is 0 Å². The molecule has 0 heterocycles. The molecule has 0 atom stereocenters. The molecule has 74 valence electrons. The molecule has 3 N–H and O–H groups in total. The van der Waals surface area contributed by atoms with E-state index in [1.54, 1.807) is 0 Å². The van der Waals surface area contributed by atoms with Gasteiger partial charge in [-0.3, -0.25) is 9.36 Å². The molecule has 0 bridgehead atoms. The molecule has 0 aromatic carbocycles. The number of unbranched alkanes of at least 4 members (excludes halogenated alkanes) is 1. The zero-order valence-electron chi connectivity index (χ0n) is 7.23. The predicted molar refractivity (Wildman–Crippen MR) is 45.1 cm³/mol. The van der Waals surface area contributed by atoms with Crippen LogP contribution in [0, 0.1) is 0 Å². The largest absolute Gasteiger partial charge is 0.481 e. The van der Waals surface area contributed by atoms with Gasteiger partial charge in [0.1, 0.15) is 6.16 Å². The lowest BCUT2D eigenvalue weighted by Crippen LogP contribution is -2.01. The molecule has 0 saturated heterocycles. The van der Waals surface area contributed by atoms with Crippen LogP contribution in [0.1, 0.15) is 26.7 Å². The van der Waals surface area contributed by atoms with Crippen molar-refractivity contribution in [3.8, 4) is 0 Å². The first-order valence-electron chi connectivity index (χ1n) is 3.59. The SMILES string of the molecule is CCCC.O=C(O)CP(=O)(O)O. The Morgan fingerprint density at radius 1 is 1.25 bits per heavy atom. The lowest BCUT2D eigenvalue weighted by atomic mass is 10.4. The normalized spacial score (nSPS) is 10.0. The average molecular weight is 198 g/mol. The van der Waals surface area contributed by atoms with Crippen molar-refractivity contribution >= 4 is 13.6 Å². The van der Waals surface area contributed by atoms with Gasteiger partial charge in [0.15, 0.2) is 0 Å². The Labute approximate surface area is 71.6 Å². The highest BCUT2D eigenvalue weighted by atomic mass is 31.2. The molecule has 0 aliphatic rings. The van der Waals surface area contributed by atoms with E-state index in [2.05, 4.69) is 13.8 Å². The first-order valence-corrected chi connectivity index (χ1v) is 5.39. The maximum atomic E-state index is 9.76. The average Bonchev–Trinajstić information content (AvgIpc) is 1.83. The molecule has 6 heteroatoms. The number of aliphatic carboxylic acids is 1. The second kappa shape index (κ2) is 7.28. The summed E-state index contributed by atoms with van der Waals surface area (Å²) in [6.07, 6.45) is 1.55. The van der Waals surface area contributed by atoms with Gasteiger partial charge in [-0.2, -0.15) is 0 Å². The van der Waals surface area contributed by atoms with Gasteiger partial charge in [-0.25, -0.2) is 0 Å². The zero-order valence-corrected chi connectivity index (χ0v) is 8.12. The highest BCUT2D eigenvalue weighted by Crippen LogP contribution is 2.33. The topological polar surface area (TPSA) is 94.8 Å². The summed E-state index contributed by atoms with van der Waals surface area (Å²) in [6, 6.07) is 0. The summed E-state index contributed by atoms with van der Waals surface area (Å²) in [5.41, 5.74) is 0. The summed E-state index contributed by atoms with van der Waals surface area (Å²) in [6.45, 7) is 4.36. The summed E-state index contributed by atoms with van der Waals surface area (Å²) in [4.78, 5) is 25.4. The molecule has 5 nitrogen and oxygen atoms in total. The highest BCUT2D eigenvalue weighted by molar-refractivity contribution is 7.52. The maximum Gasteiger partial charge on any atom is 0.336 e. The molecular weight excluding hydrogens is 183 g/mol. The number of rotatable bonds is 3. The summed E-state index contributed by atoms with van der Waals surface area (Å²) in [5.74, 6) is -1.49. The van der Waals surface area contributed by atoms with E-state index in [1.807, 2.05) is 0 Å². The molecule has 0 saturated carbocycles. The van der Waals surface area contributed by atoms with Crippen molar-refractivity contribution in [3.05, 3.63) is 0 Å². The minimum atomic E-state index is -4.32. The molecule has 0 unspecified atom stereocenters. The van der Waals surface area contributed by atoms with Crippen LogP contribution in [0.4, 0.5) is 0 Å². The molecule has 0 amide bonds. The summed E-state index contributed by atoms with van der Waals surface area (Å²) in [7, 11) is -4.32. The van der Waals surface area contributed by atoms with E-state index in [4.69, 9.17) is 14.9 Å². The fourth-order valence-corrected chi connectivity index (χ4v) is 0.529. The van der Waals surface area contributed by atoms with Crippen molar-refractivity contribution in [1.29, 1.82) is 0 Å². The predicted octanol–water partition coefficient (Wildman–Crippen LogP) is 1.06. The Morgan fingerprint density at radius 2 is 1.58 bits per heavy atom. The van der Waals surface area contributed by atoms with Gasteiger partial charge in [0, 0.05) is 0 Å². The number of carboxylic acids is 1. The third-order valence-electron chi connectivity index (χ3n) is 0.841. The minimum absolute atomic E-state index is 1.09. The van der Waals surface area contributed by atoms with E-state index < -0.39 is 19.7 Å². The first kappa shape index (κ1) is 14.2. The Kier molecular flexibility index (Phi) is 8.59. The Hall–Kier alpha value is -0.380. The van der Waals surface area contributed by atoms with E-state index in [0.717, 1.165) is 0 Å². The van der Waals surface area contributed by atoms with Crippen LogP contribution < -0.4 is 0 Å². The molecule has 0 fully saturated rings. The third-order valence-corrected chi connectivity index (χ3v) is 1.52. The molecule has 0 aromatic heterocycles. The smallest absolute Gasteiger partial charge is 0.336 e. The molecule has 12 heavy (non-hydrogen) atoms. The van der Waals surface area contributed by atoms with Crippen LogP contribution in [0.15, 0.2) is 0 Å². The van der Waals surface area contributed by atoms with Gasteiger partial charge < -0.3 is 14.9 Å². The van der Waals surface area contributed by atoms with E-state index in [-0.39, 0.29) is 0 Å². The fraction of sp³-hybridized carbons (Fsp3) is 0.833. The molecular formula is C6H15O5P. The molecule has 0 spiro atoms. The Balaban J connectivity index is 0. The van der Waals surface area contributed by atoms with Crippen LogP contribution in [0.2, 0.25) is 0 Å². The lowest BCUT2D eigenvalue weighted by Gasteiger charge is -1.95. The van der Waals surface area contributed by atoms with E-state index in [1.165, 1.54) is 12.8 Å². The molecule has 0 radical (unpaired) electrons. The first-order chi connectivity index (χ1) is 5.33. The van der Waals surface area contributed by atoms with Crippen LogP contribution >= 0.6 is 7.60 Å². The van der Waals surface area contributed by atoms with Crippen molar-refractivity contribution < 1.29 is 24.3 Å². The molecule has 0 rings (SSSR count). The summed E-state index contributed by atoms with van der Waals surface area (Å²) in [5, 5.41) is 7.76. The van der Waals surface area contributed by atoms with Crippen molar-refractivity contribution in [1.82, 2.24) is 0 Å². The summed E-state index contributed by atoms with van der Waals surface area (Å²) < 4.78 is 9.76. The van der Waals surface area contributed by atoms with Crippen molar-refractivity contribution in [2.24, 2.45) is 0 Å². The number of hydrogen-bond acceptors (Lipinski definition) is 2. The Bertz CT molecular complexity index is 159. The van der Waals surface area contributed by atoms with Gasteiger partial charge >= 0.3 is 13.6 Å². The van der Waals surface area contributed by atoms with Gasteiger partial charge in [-0.05, 0) is 0 Å².